The van der Waals surface area contributed by atoms with Crippen molar-refractivity contribution in [1.82, 2.24) is 5.32 Å². The molecule has 0 aromatic heterocycles. The van der Waals surface area contributed by atoms with Crippen molar-refractivity contribution in [1.29, 1.82) is 0 Å². The number of aliphatic hydroxyl groups excluding tert-OH is 5. The van der Waals surface area contributed by atoms with E-state index in [-0.39, 0.29) is 19.4 Å². The van der Waals surface area contributed by atoms with Crippen molar-refractivity contribution in [3.63, 3.8) is 0 Å². The van der Waals surface area contributed by atoms with Crippen molar-refractivity contribution in [2.24, 2.45) is 0 Å². The third kappa shape index (κ3) is 42.0. The Balaban J connectivity index is 2.63. The SMILES string of the molecule is CCCCC/C=C\C/C=C\CCCCCCCCCCCCCCCC(=O)OC1C(OCC(NC(=O)C(O)C/C=C/C/C=C\CCCCCCCC)C(O)/C=C/CCCCCCCCCCCCC)OC(CO)C(O)C1O. The van der Waals surface area contributed by atoms with E-state index in [1.54, 1.807) is 12.2 Å². The first-order chi connectivity index (χ1) is 37.7. The summed E-state index contributed by atoms with van der Waals surface area (Å²) in [6.45, 7) is 5.73. The van der Waals surface area contributed by atoms with Gasteiger partial charge < -0.3 is 45.1 Å². The molecular weight excluding hydrogens is 967 g/mol. The number of carbonyl (C=O) groups is 2. The lowest BCUT2D eigenvalue weighted by molar-refractivity contribution is -0.305. The minimum absolute atomic E-state index is 0.0820. The van der Waals surface area contributed by atoms with E-state index in [9.17, 15) is 35.1 Å². The van der Waals surface area contributed by atoms with Crippen LogP contribution in [0.1, 0.15) is 284 Å². The van der Waals surface area contributed by atoms with Crippen molar-refractivity contribution in [2.75, 3.05) is 13.2 Å². The Morgan fingerprint density at radius 1 is 0.506 bits per heavy atom. The lowest BCUT2D eigenvalue weighted by Crippen LogP contribution is -2.61. The lowest BCUT2D eigenvalue weighted by atomic mass is 9.99. The number of ether oxygens (including phenoxy) is 3. The third-order valence-electron chi connectivity index (χ3n) is 14.9. The fourth-order valence-corrected chi connectivity index (χ4v) is 9.78. The molecule has 0 aromatic rings. The molecule has 8 atom stereocenters. The van der Waals surface area contributed by atoms with E-state index >= 15 is 0 Å². The molecule has 1 heterocycles. The average Bonchev–Trinajstić information content (AvgIpc) is 3.43. The number of carbonyl (C=O) groups excluding carboxylic acids is 2. The number of aliphatic hydroxyl groups is 5. The molecule has 0 saturated carbocycles. The van der Waals surface area contributed by atoms with Gasteiger partial charge in [0, 0.05) is 12.8 Å². The first kappa shape index (κ1) is 72.4. The molecule has 0 radical (unpaired) electrons. The molecule has 1 amide bonds. The first-order valence-electron chi connectivity index (χ1n) is 32.1. The van der Waals surface area contributed by atoms with Crippen LogP contribution in [0.25, 0.3) is 0 Å². The fraction of sp³-hybridized carbons (Fsp3) is 0.818. The predicted molar refractivity (Wildman–Crippen MR) is 320 cm³/mol. The Hall–Kier alpha value is -2.64. The quantitative estimate of drug-likeness (QED) is 0.0195. The highest BCUT2D eigenvalue weighted by molar-refractivity contribution is 5.81. The molecule has 1 fully saturated rings. The first-order valence-corrected chi connectivity index (χ1v) is 32.1. The summed E-state index contributed by atoms with van der Waals surface area (Å²) in [5.74, 6) is -1.26. The van der Waals surface area contributed by atoms with Crippen LogP contribution >= 0.6 is 0 Å². The van der Waals surface area contributed by atoms with Gasteiger partial charge in [0.05, 0.1) is 25.4 Å². The maximum Gasteiger partial charge on any atom is 0.306 e. The van der Waals surface area contributed by atoms with Gasteiger partial charge in [-0.1, -0.05) is 261 Å². The second-order valence-corrected chi connectivity index (χ2v) is 22.1. The van der Waals surface area contributed by atoms with Crippen LogP contribution in [-0.2, 0) is 23.8 Å². The van der Waals surface area contributed by atoms with Gasteiger partial charge in [-0.2, -0.15) is 0 Å². The van der Waals surface area contributed by atoms with E-state index in [1.165, 1.54) is 186 Å². The van der Waals surface area contributed by atoms with Crippen LogP contribution < -0.4 is 5.32 Å². The highest BCUT2D eigenvalue weighted by Crippen LogP contribution is 2.26. The number of unbranched alkanes of at least 4 members (excludes halogenated alkanes) is 33. The summed E-state index contributed by atoms with van der Waals surface area (Å²) in [4.78, 5) is 26.5. The summed E-state index contributed by atoms with van der Waals surface area (Å²) in [7, 11) is 0. The minimum Gasteiger partial charge on any atom is -0.454 e. The van der Waals surface area contributed by atoms with Crippen molar-refractivity contribution in [2.45, 2.75) is 333 Å². The van der Waals surface area contributed by atoms with Crippen molar-refractivity contribution in [3.05, 3.63) is 60.8 Å². The van der Waals surface area contributed by atoms with Crippen LogP contribution in [0.2, 0.25) is 0 Å². The number of hydrogen-bond acceptors (Lipinski definition) is 10. The predicted octanol–water partition coefficient (Wildman–Crippen LogP) is 15.4. The van der Waals surface area contributed by atoms with Gasteiger partial charge >= 0.3 is 5.97 Å². The van der Waals surface area contributed by atoms with Gasteiger partial charge in [0.25, 0.3) is 0 Å². The Morgan fingerprint density at radius 2 is 0.896 bits per heavy atom. The molecule has 1 rings (SSSR count). The minimum atomic E-state index is -1.62. The molecule has 11 heteroatoms. The molecule has 1 saturated heterocycles. The highest BCUT2D eigenvalue weighted by atomic mass is 16.7. The lowest BCUT2D eigenvalue weighted by Gasteiger charge is -2.41. The summed E-state index contributed by atoms with van der Waals surface area (Å²) in [5.41, 5.74) is 0. The van der Waals surface area contributed by atoms with E-state index in [0.717, 1.165) is 51.4 Å². The second-order valence-electron chi connectivity index (χ2n) is 22.1. The van der Waals surface area contributed by atoms with Gasteiger partial charge in [-0.25, -0.2) is 0 Å². The number of rotatable bonds is 54. The summed E-state index contributed by atoms with van der Waals surface area (Å²) in [6.07, 6.45) is 57.1. The molecule has 0 aromatic carbocycles. The molecule has 0 aliphatic carbocycles. The number of hydrogen-bond donors (Lipinski definition) is 6. The molecule has 6 N–H and O–H groups in total. The van der Waals surface area contributed by atoms with Gasteiger partial charge in [-0.15, -0.1) is 0 Å². The molecule has 1 aliphatic heterocycles. The van der Waals surface area contributed by atoms with Crippen LogP contribution in [0.5, 0.6) is 0 Å². The number of esters is 1. The zero-order valence-electron chi connectivity index (χ0n) is 49.6. The molecule has 0 bridgehead atoms. The van der Waals surface area contributed by atoms with E-state index < -0.39 is 67.4 Å². The molecular formula is C66H119NO10. The van der Waals surface area contributed by atoms with E-state index in [0.29, 0.717) is 12.8 Å². The second kappa shape index (κ2) is 54.0. The standard InChI is InChI=1S/C66H119NO10/c1-4-7-10-13-16-19-22-25-26-27-28-29-30-31-32-33-34-36-39-42-45-48-51-54-61(71)77-64-63(73)62(72)60(55-68)76-66(64)75-56-57(58(69)52-49-46-43-40-38-35-23-20-17-14-11-8-5-2)67-65(74)59(70)53-50-47-44-41-37-24-21-18-15-12-9-6-3/h16,19,25-26,37,41,47,49-50,52,57-60,62-64,66,68-70,72-73H,4-15,17-18,20-24,27-36,38-40,42-46,48,51,53-56H2,1-3H3,(H,67,74)/b19-16-,26-25-,41-37-,50-47+,52-49+. The van der Waals surface area contributed by atoms with E-state index in [1.807, 2.05) is 12.2 Å². The molecule has 77 heavy (non-hydrogen) atoms. The zero-order valence-corrected chi connectivity index (χ0v) is 49.6. The van der Waals surface area contributed by atoms with Gasteiger partial charge in [0.15, 0.2) is 12.4 Å². The van der Waals surface area contributed by atoms with Crippen LogP contribution in [0.15, 0.2) is 60.8 Å². The van der Waals surface area contributed by atoms with Crippen LogP contribution in [0, 0.1) is 0 Å². The molecule has 448 valence electrons. The number of nitrogens with one attached hydrogen (secondary N) is 1. The zero-order chi connectivity index (χ0) is 56.1. The van der Waals surface area contributed by atoms with Gasteiger partial charge in [-0.3, -0.25) is 9.59 Å². The van der Waals surface area contributed by atoms with Gasteiger partial charge in [-0.05, 0) is 70.6 Å². The van der Waals surface area contributed by atoms with E-state index in [2.05, 4.69) is 62.5 Å². The van der Waals surface area contributed by atoms with Gasteiger partial charge in [0.1, 0.15) is 24.4 Å². The fourth-order valence-electron chi connectivity index (χ4n) is 9.78. The summed E-state index contributed by atoms with van der Waals surface area (Å²) in [5, 5.41) is 56.8. The van der Waals surface area contributed by atoms with Crippen LogP contribution in [0.4, 0.5) is 0 Å². The maximum atomic E-state index is 13.4. The topological polar surface area (TPSA) is 175 Å². The summed E-state index contributed by atoms with van der Waals surface area (Å²) in [6, 6.07) is -1.05. The molecule has 0 spiro atoms. The largest absolute Gasteiger partial charge is 0.454 e. The van der Waals surface area contributed by atoms with Crippen molar-refractivity contribution < 1.29 is 49.3 Å². The Bertz CT molecular complexity index is 1480. The molecule has 1 aliphatic rings. The maximum absolute atomic E-state index is 13.4. The average molecular weight is 1090 g/mol. The Morgan fingerprint density at radius 3 is 1.35 bits per heavy atom. The monoisotopic (exact) mass is 1090 g/mol. The number of allylic oxidation sites excluding steroid dienone is 8. The Kier molecular flexibility index (Phi) is 50.7. The highest BCUT2D eigenvalue weighted by Gasteiger charge is 2.47. The summed E-state index contributed by atoms with van der Waals surface area (Å²) >= 11 is 0. The van der Waals surface area contributed by atoms with Gasteiger partial charge in [0.2, 0.25) is 5.91 Å². The molecule has 8 unspecified atom stereocenters. The van der Waals surface area contributed by atoms with Crippen molar-refractivity contribution in [3.8, 4) is 0 Å². The van der Waals surface area contributed by atoms with Crippen LogP contribution in [0.3, 0.4) is 0 Å². The smallest absolute Gasteiger partial charge is 0.306 e. The van der Waals surface area contributed by atoms with Crippen molar-refractivity contribution >= 4 is 11.9 Å². The van der Waals surface area contributed by atoms with E-state index in [4.69, 9.17) is 14.2 Å². The van der Waals surface area contributed by atoms with Crippen LogP contribution in [-0.4, -0.2) is 99.6 Å². The molecule has 11 nitrogen and oxygen atoms in total. The normalized spacial score (nSPS) is 19.4. The Labute approximate surface area is 471 Å². The number of amides is 1. The summed E-state index contributed by atoms with van der Waals surface area (Å²) < 4.78 is 17.6. The third-order valence-corrected chi connectivity index (χ3v) is 14.9.